The van der Waals surface area contributed by atoms with Gasteiger partial charge in [-0.2, -0.15) is 0 Å². The summed E-state index contributed by atoms with van der Waals surface area (Å²) in [5.41, 5.74) is 8.37. The molecule has 4 heteroatoms. The largest absolute Gasteiger partial charge is 0.399 e. The van der Waals surface area contributed by atoms with Crippen molar-refractivity contribution in [2.75, 3.05) is 5.73 Å². The number of halogens is 2. The summed E-state index contributed by atoms with van der Waals surface area (Å²) in [6.45, 7) is 1.04. The van der Waals surface area contributed by atoms with Crippen LogP contribution in [0.25, 0.3) is 0 Å². The Bertz CT molecular complexity index is 528. The zero-order chi connectivity index (χ0) is 13.0. The average Bonchev–Trinajstić information content (AvgIpc) is 2.34. The van der Waals surface area contributed by atoms with Crippen LogP contribution in [0, 0.1) is 0 Å². The van der Waals surface area contributed by atoms with Gasteiger partial charge in [0.05, 0.1) is 13.2 Å². The molecule has 94 valence electrons. The second kappa shape index (κ2) is 6.23. The molecule has 0 aromatic heterocycles. The van der Waals surface area contributed by atoms with E-state index in [0.717, 1.165) is 15.6 Å². The van der Waals surface area contributed by atoms with E-state index >= 15 is 0 Å². The third-order valence-corrected chi connectivity index (χ3v) is 3.40. The third-order valence-electron chi connectivity index (χ3n) is 2.52. The summed E-state index contributed by atoms with van der Waals surface area (Å²) in [6.07, 6.45) is 0. The van der Waals surface area contributed by atoms with E-state index in [1.165, 1.54) is 0 Å². The summed E-state index contributed by atoms with van der Waals surface area (Å²) in [5, 5.41) is 0.644. The highest BCUT2D eigenvalue weighted by molar-refractivity contribution is 9.10. The van der Waals surface area contributed by atoms with Crippen LogP contribution in [0.15, 0.2) is 46.9 Å². The van der Waals surface area contributed by atoms with Gasteiger partial charge in [0.25, 0.3) is 0 Å². The number of anilines is 1. The van der Waals surface area contributed by atoms with Crippen LogP contribution in [-0.4, -0.2) is 0 Å². The maximum Gasteiger partial charge on any atom is 0.0735 e. The summed E-state index contributed by atoms with van der Waals surface area (Å²) < 4.78 is 6.69. The minimum absolute atomic E-state index is 0.481. The lowest BCUT2D eigenvalue weighted by atomic mass is 10.2. The first-order valence-corrected chi connectivity index (χ1v) is 6.68. The topological polar surface area (TPSA) is 35.2 Å². The number of nitrogen functional groups attached to an aromatic ring is 1. The molecule has 0 heterocycles. The van der Waals surface area contributed by atoms with Gasteiger partial charge >= 0.3 is 0 Å². The van der Waals surface area contributed by atoms with E-state index in [2.05, 4.69) is 15.9 Å². The lowest BCUT2D eigenvalue weighted by molar-refractivity contribution is 0.107. The second-order valence-corrected chi connectivity index (χ2v) is 5.29. The van der Waals surface area contributed by atoms with Gasteiger partial charge in [-0.05, 0) is 35.4 Å². The van der Waals surface area contributed by atoms with E-state index in [4.69, 9.17) is 22.1 Å². The molecule has 2 aromatic rings. The molecule has 0 radical (unpaired) electrons. The van der Waals surface area contributed by atoms with Crippen molar-refractivity contribution in [2.24, 2.45) is 0 Å². The number of nitrogens with two attached hydrogens (primary N) is 1. The number of ether oxygens (including phenoxy) is 1. The number of hydrogen-bond acceptors (Lipinski definition) is 2. The summed E-state index contributed by atoms with van der Waals surface area (Å²) in [5.74, 6) is 0. The molecule has 2 aromatic carbocycles. The standard InChI is InChI=1S/C14H13BrClNO/c15-12-4-1-10(2-5-12)8-18-9-11-3-6-13(17)7-14(11)16/h1-7H,8-9,17H2. The van der Waals surface area contributed by atoms with Crippen molar-refractivity contribution in [3.8, 4) is 0 Å². The average molecular weight is 327 g/mol. The molecule has 2 N–H and O–H groups in total. The fourth-order valence-electron chi connectivity index (χ4n) is 1.54. The van der Waals surface area contributed by atoms with Crippen LogP contribution < -0.4 is 5.73 Å². The molecule has 2 rings (SSSR count). The molecule has 18 heavy (non-hydrogen) atoms. The van der Waals surface area contributed by atoms with E-state index in [1.54, 1.807) is 6.07 Å². The first-order valence-electron chi connectivity index (χ1n) is 5.51. The fraction of sp³-hybridized carbons (Fsp3) is 0.143. The van der Waals surface area contributed by atoms with Crippen LogP contribution in [0.2, 0.25) is 5.02 Å². The van der Waals surface area contributed by atoms with Gasteiger partial charge in [0, 0.05) is 15.2 Å². The predicted molar refractivity (Wildman–Crippen MR) is 78.5 cm³/mol. The van der Waals surface area contributed by atoms with Gasteiger partial charge in [-0.15, -0.1) is 0 Å². The zero-order valence-corrected chi connectivity index (χ0v) is 12.0. The van der Waals surface area contributed by atoms with Crippen LogP contribution in [0.4, 0.5) is 5.69 Å². The molecule has 0 aliphatic carbocycles. The van der Waals surface area contributed by atoms with Gasteiger partial charge in [0.1, 0.15) is 0 Å². The molecule has 0 amide bonds. The first kappa shape index (κ1) is 13.4. The lowest BCUT2D eigenvalue weighted by Crippen LogP contribution is -1.96. The van der Waals surface area contributed by atoms with Crippen molar-refractivity contribution in [1.82, 2.24) is 0 Å². The van der Waals surface area contributed by atoms with Gasteiger partial charge in [0.15, 0.2) is 0 Å². The van der Waals surface area contributed by atoms with E-state index in [9.17, 15) is 0 Å². The molecule has 0 unspecified atom stereocenters. The summed E-state index contributed by atoms with van der Waals surface area (Å²) in [6, 6.07) is 13.5. The quantitative estimate of drug-likeness (QED) is 0.845. The van der Waals surface area contributed by atoms with Crippen LogP contribution in [0.5, 0.6) is 0 Å². The maximum atomic E-state index is 6.07. The Balaban J connectivity index is 1.90. The van der Waals surface area contributed by atoms with Crippen molar-refractivity contribution < 1.29 is 4.74 Å². The molecule has 0 aliphatic rings. The lowest BCUT2D eigenvalue weighted by Gasteiger charge is -2.07. The third kappa shape index (κ3) is 3.73. The summed E-state index contributed by atoms with van der Waals surface area (Å²) in [7, 11) is 0. The van der Waals surface area contributed by atoms with E-state index in [1.807, 2.05) is 36.4 Å². The highest BCUT2D eigenvalue weighted by Gasteiger charge is 2.01. The maximum absolute atomic E-state index is 6.07. The summed E-state index contributed by atoms with van der Waals surface area (Å²) >= 11 is 9.46. The van der Waals surface area contributed by atoms with Crippen LogP contribution >= 0.6 is 27.5 Å². The molecule has 0 saturated carbocycles. The monoisotopic (exact) mass is 325 g/mol. The van der Waals surface area contributed by atoms with E-state index in [0.29, 0.717) is 23.9 Å². The summed E-state index contributed by atoms with van der Waals surface area (Å²) in [4.78, 5) is 0. The Labute approximate surface area is 120 Å². The van der Waals surface area contributed by atoms with E-state index < -0.39 is 0 Å². The highest BCUT2D eigenvalue weighted by Crippen LogP contribution is 2.20. The van der Waals surface area contributed by atoms with Gasteiger partial charge in [-0.1, -0.05) is 45.7 Å². The molecule has 0 spiro atoms. The molecular formula is C14H13BrClNO. The zero-order valence-electron chi connectivity index (χ0n) is 9.70. The van der Waals surface area contributed by atoms with E-state index in [-0.39, 0.29) is 0 Å². The Hall–Kier alpha value is -1.03. The van der Waals surface area contributed by atoms with Crippen LogP contribution in [-0.2, 0) is 18.0 Å². The van der Waals surface area contributed by atoms with Crippen molar-refractivity contribution in [2.45, 2.75) is 13.2 Å². The minimum atomic E-state index is 0.481. The van der Waals surface area contributed by atoms with Gasteiger partial charge < -0.3 is 10.5 Å². The van der Waals surface area contributed by atoms with Crippen LogP contribution in [0.3, 0.4) is 0 Å². The molecule has 0 aliphatic heterocycles. The van der Waals surface area contributed by atoms with Crippen molar-refractivity contribution in [3.05, 3.63) is 63.1 Å². The Morgan fingerprint density at radius 1 is 1.06 bits per heavy atom. The SMILES string of the molecule is Nc1ccc(COCc2ccc(Br)cc2)c(Cl)c1. The minimum Gasteiger partial charge on any atom is -0.399 e. The Morgan fingerprint density at radius 3 is 2.44 bits per heavy atom. The number of hydrogen-bond donors (Lipinski definition) is 1. The fourth-order valence-corrected chi connectivity index (χ4v) is 2.05. The predicted octanol–water partition coefficient (Wildman–Crippen LogP) is 4.40. The number of benzene rings is 2. The molecule has 2 nitrogen and oxygen atoms in total. The van der Waals surface area contributed by atoms with Gasteiger partial charge in [-0.3, -0.25) is 0 Å². The molecule has 0 bridgehead atoms. The normalized spacial score (nSPS) is 10.6. The van der Waals surface area contributed by atoms with Crippen molar-refractivity contribution in [1.29, 1.82) is 0 Å². The van der Waals surface area contributed by atoms with Gasteiger partial charge in [-0.25, -0.2) is 0 Å². The smallest absolute Gasteiger partial charge is 0.0735 e. The molecule has 0 saturated heterocycles. The first-order chi connectivity index (χ1) is 8.65. The molecular weight excluding hydrogens is 314 g/mol. The van der Waals surface area contributed by atoms with Crippen LogP contribution in [0.1, 0.15) is 11.1 Å². The second-order valence-electron chi connectivity index (χ2n) is 3.97. The van der Waals surface area contributed by atoms with Crippen molar-refractivity contribution >= 4 is 33.2 Å². The Morgan fingerprint density at radius 2 is 1.78 bits per heavy atom. The van der Waals surface area contributed by atoms with Gasteiger partial charge in [0.2, 0.25) is 0 Å². The highest BCUT2D eigenvalue weighted by atomic mass is 79.9. The molecule has 0 fully saturated rings. The number of rotatable bonds is 4. The Kier molecular flexibility index (Phi) is 4.64. The molecule has 0 atom stereocenters. The van der Waals surface area contributed by atoms with Crippen molar-refractivity contribution in [3.63, 3.8) is 0 Å².